The van der Waals surface area contributed by atoms with Crippen molar-refractivity contribution in [3.05, 3.63) is 35.8 Å². The van der Waals surface area contributed by atoms with Crippen LogP contribution >= 0.6 is 0 Å². The van der Waals surface area contributed by atoms with Crippen molar-refractivity contribution in [2.24, 2.45) is 0 Å². The number of rotatable bonds is 1. The van der Waals surface area contributed by atoms with Crippen LogP contribution in [0.15, 0.2) is 24.5 Å². The van der Waals surface area contributed by atoms with Crippen LogP contribution in [0.2, 0.25) is 0 Å². The molecule has 0 fully saturated rings. The third-order valence-corrected chi connectivity index (χ3v) is 2.72. The molecule has 1 aliphatic rings. The molecule has 0 aliphatic carbocycles. The van der Waals surface area contributed by atoms with Crippen molar-refractivity contribution in [3.63, 3.8) is 0 Å². The van der Waals surface area contributed by atoms with Crippen molar-refractivity contribution in [1.29, 1.82) is 0 Å². The van der Waals surface area contributed by atoms with Gasteiger partial charge >= 0.3 is 0 Å². The highest BCUT2D eigenvalue weighted by molar-refractivity contribution is 5.57. The van der Waals surface area contributed by atoms with Gasteiger partial charge in [-0.05, 0) is 11.6 Å². The van der Waals surface area contributed by atoms with Gasteiger partial charge in [0.25, 0.3) is 0 Å². The number of H-pyrrole nitrogens is 1. The van der Waals surface area contributed by atoms with Gasteiger partial charge in [-0.25, -0.2) is 0 Å². The fourth-order valence-corrected chi connectivity index (χ4v) is 1.89. The van der Waals surface area contributed by atoms with Crippen molar-refractivity contribution >= 4 is 0 Å². The van der Waals surface area contributed by atoms with Crippen LogP contribution in [0.5, 0.6) is 0 Å². The fourth-order valence-electron chi connectivity index (χ4n) is 1.89. The molecule has 15 heavy (non-hydrogen) atoms. The zero-order valence-electron chi connectivity index (χ0n) is 8.33. The van der Waals surface area contributed by atoms with Crippen molar-refractivity contribution < 1.29 is 0 Å². The number of aromatic amines is 1. The van der Waals surface area contributed by atoms with Crippen LogP contribution in [0, 0.1) is 0 Å². The molecule has 2 aromatic rings. The quantitative estimate of drug-likeness (QED) is 0.725. The van der Waals surface area contributed by atoms with Crippen LogP contribution in [0.3, 0.4) is 0 Å². The van der Waals surface area contributed by atoms with Crippen LogP contribution in [0.4, 0.5) is 0 Å². The highest BCUT2D eigenvalue weighted by Crippen LogP contribution is 2.19. The van der Waals surface area contributed by atoms with Crippen molar-refractivity contribution in [2.75, 3.05) is 6.54 Å². The first-order chi connectivity index (χ1) is 7.43. The Morgan fingerprint density at radius 1 is 1.27 bits per heavy atom. The second-order valence-corrected chi connectivity index (χ2v) is 3.72. The van der Waals surface area contributed by atoms with Gasteiger partial charge in [0, 0.05) is 37.0 Å². The molecule has 0 unspecified atom stereocenters. The first-order valence-corrected chi connectivity index (χ1v) is 5.12. The number of hydrogen-bond donors (Lipinski definition) is 2. The molecule has 0 aromatic carbocycles. The molecule has 0 saturated heterocycles. The molecular weight excluding hydrogens is 188 g/mol. The van der Waals surface area contributed by atoms with Gasteiger partial charge in [0.1, 0.15) is 0 Å². The van der Waals surface area contributed by atoms with Gasteiger partial charge in [-0.15, -0.1) is 0 Å². The van der Waals surface area contributed by atoms with Crippen LogP contribution in [0.1, 0.15) is 11.3 Å². The van der Waals surface area contributed by atoms with Gasteiger partial charge in [0.05, 0.1) is 11.9 Å². The summed E-state index contributed by atoms with van der Waals surface area (Å²) in [6, 6.07) is 4.20. The third-order valence-electron chi connectivity index (χ3n) is 2.72. The fraction of sp³-hybridized carbons (Fsp3) is 0.273. The largest absolute Gasteiger partial charge is 0.312 e. The second-order valence-electron chi connectivity index (χ2n) is 3.72. The Hall–Kier alpha value is -1.68. The van der Waals surface area contributed by atoms with E-state index in [0.29, 0.717) is 0 Å². The number of nitrogens with one attached hydrogen (secondary N) is 2. The molecule has 2 N–H and O–H groups in total. The van der Waals surface area contributed by atoms with E-state index >= 15 is 0 Å². The molecule has 0 spiro atoms. The zero-order valence-corrected chi connectivity index (χ0v) is 8.33. The minimum atomic E-state index is 0.938. The molecule has 4 nitrogen and oxygen atoms in total. The Labute approximate surface area is 87.7 Å². The molecule has 3 rings (SSSR count). The van der Waals surface area contributed by atoms with E-state index in [1.54, 1.807) is 6.20 Å². The van der Waals surface area contributed by atoms with E-state index in [-0.39, 0.29) is 0 Å². The maximum Gasteiger partial charge on any atom is 0.0736 e. The first kappa shape index (κ1) is 8.61. The van der Waals surface area contributed by atoms with E-state index in [2.05, 4.69) is 32.6 Å². The topological polar surface area (TPSA) is 53.6 Å². The SMILES string of the molecule is c1n[nH]cc1-c1ccc2c(n1)CCNC2. The van der Waals surface area contributed by atoms with E-state index in [1.165, 1.54) is 11.3 Å². The molecule has 0 amide bonds. The Morgan fingerprint density at radius 3 is 3.13 bits per heavy atom. The molecule has 76 valence electrons. The normalized spacial score (nSPS) is 14.9. The minimum absolute atomic E-state index is 0.938. The maximum absolute atomic E-state index is 4.66. The van der Waals surface area contributed by atoms with Gasteiger partial charge in [0.15, 0.2) is 0 Å². The lowest BCUT2D eigenvalue weighted by atomic mass is 10.1. The van der Waals surface area contributed by atoms with Gasteiger partial charge < -0.3 is 5.32 Å². The zero-order chi connectivity index (χ0) is 10.1. The highest BCUT2D eigenvalue weighted by Gasteiger charge is 2.11. The summed E-state index contributed by atoms with van der Waals surface area (Å²) >= 11 is 0. The molecule has 3 heterocycles. The third kappa shape index (κ3) is 1.53. The van der Waals surface area contributed by atoms with E-state index in [0.717, 1.165) is 30.8 Å². The lowest BCUT2D eigenvalue weighted by molar-refractivity contribution is 0.631. The van der Waals surface area contributed by atoms with E-state index < -0.39 is 0 Å². The Bertz CT molecular complexity index is 461. The van der Waals surface area contributed by atoms with E-state index in [4.69, 9.17) is 0 Å². The summed E-state index contributed by atoms with van der Waals surface area (Å²) in [5.74, 6) is 0. The van der Waals surface area contributed by atoms with Crippen molar-refractivity contribution in [1.82, 2.24) is 20.5 Å². The van der Waals surface area contributed by atoms with Gasteiger partial charge in [0.2, 0.25) is 0 Å². The van der Waals surface area contributed by atoms with E-state index in [1.807, 2.05) is 6.20 Å². The number of pyridine rings is 1. The molecule has 4 heteroatoms. The molecule has 0 radical (unpaired) electrons. The molecule has 0 bridgehead atoms. The predicted octanol–water partition coefficient (Wildman–Crippen LogP) is 1.12. The maximum atomic E-state index is 4.66. The smallest absolute Gasteiger partial charge is 0.0736 e. The van der Waals surface area contributed by atoms with Crippen molar-refractivity contribution in [2.45, 2.75) is 13.0 Å². The van der Waals surface area contributed by atoms with Crippen LogP contribution < -0.4 is 5.32 Å². The van der Waals surface area contributed by atoms with Gasteiger partial charge in [-0.1, -0.05) is 6.07 Å². The molecule has 1 aliphatic heterocycles. The van der Waals surface area contributed by atoms with Crippen LogP contribution in [0.25, 0.3) is 11.3 Å². The predicted molar refractivity (Wildman–Crippen MR) is 57.2 cm³/mol. The van der Waals surface area contributed by atoms with Crippen molar-refractivity contribution in [3.8, 4) is 11.3 Å². The highest BCUT2D eigenvalue weighted by atomic mass is 15.1. The second kappa shape index (κ2) is 3.47. The average Bonchev–Trinajstić information content (AvgIpc) is 2.82. The number of fused-ring (bicyclic) bond motifs is 1. The summed E-state index contributed by atoms with van der Waals surface area (Å²) in [5.41, 5.74) is 4.58. The molecule has 0 saturated carbocycles. The summed E-state index contributed by atoms with van der Waals surface area (Å²) in [7, 11) is 0. The lowest BCUT2D eigenvalue weighted by Gasteiger charge is -2.16. The summed E-state index contributed by atoms with van der Waals surface area (Å²) < 4.78 is 0. The average molecular weight is 200 g/mol. The minimum Gasteiger partial charge on any atom is -0.312 e. The van der Waals surface area contributed by atoms with Gasteiger partial charge in [-0.2, -0.15) is 5.10 Å². The number of aromatic nitrogens is 3. The van der Waals surface area contributed by atoms with Crippen LogP contribution in [-0.2, 0) is 13.0 Å². The molecule has 2 aromatic heterocycles. The Balaban J connectivity index is 2.04. The summed E-state index contributed by atoms with van der Waals surface area (Å²) in [6.45, 7) is 1.96. The monoisotopic (exact) mass is 200 g/mol. The van der Waals surface area contributed by atoms with Crippen LogP contribution in [-0.4, -0.2) is 21.7 Å². The van der Waals surface area contributed by atoms with E-state index in [9.17, 15) is 0 Å². The Kier molecular flexibility index (Phi) is 1.99. The first-order valence-electron chi connectivity index (χ1n) is 5.12. The number of hydrogen-bond acceptors (Lipinski definition) is 3. The lowest BCUT2D eigenvalue weighted by Crippen LogP contribution is -2.24. The number of nitrogens with zero attached hydrogens (tertiary/aromatic N) is 2. The molecule has 0 atom stereocenters. The Morgan fingerprint density at radius 2 is 2.27 bits per heavy atom. The standard InChI is InChI=1S/C11H12N4/c1-2-10(9-6-13-14-7-9)15-11-3-4-12-5-8(1)11/h1-2,6-7,12H,3-5H2,(H,13,14). The summed E-state index contributed by atoms with van der Waals surface area (Å²) in [4.78, 5) is 4.66. The van der Waals surface area contributed by atoms with Gasteiger partial charge in [-0.3, -0.25) is 10.1 Å². The molecular formula is C11H12N4. The summed E-state index contributed by atoms with van der Waals surface area (Å²) in [6.07, 6.45) is 4.69. The summed E-state index contributed by atoms with van der Waals surface area (Å²) in [5, 5.41) is 10.1.